The standard InChI is InChI=1S/C22H24FN3O2/c1-14(2)24-20(28)13-26(3)12-19(27)21-17-6-4-5-7-18(17)25-22(21)15-8-10-16(23)11-9-15/h4-11,14,25H,12-13H2,1-3H3,(H,24,28). The molecule has 0 unspecified atom stereocenters. The predicted molar refractivity (Wildman–Crippen MR) is 109 cm³/mol. The van der Waals surface area contributed by atoms with E-state index in [1.54, 1.807) is 24.1 Å². The van der Waals surface area contributed by atoms with Crippen molar-refractivity contribution in [3.05, 3.63) is 59.9 Å². The van der Waals surface area contributed by atoms with Gasteiger partial charge in [0, 0.05) is 16.9 Å². The first kappa shape index (κ1) is 19.8. The lowest BCUT2D eigenvalue weighted by atomic mass is 10.0. The van der Waals surface area contributed by atoms with E-state index in [1.165, 1.54) is 12.1 Å². The summed E-state index contributed by atoms with van der Waals surface area (Å²) in [6, 6.07) is 13.7. The lowest BCUT2D eigenvalue weighted by Gasteiger charge is -2.17. The number of amides is 1. The average Bonchev–Trinajstić information content (AvgIpc) is 3.00. The molecule has 0 saturated heterocycles. The molecule has 28 heavy (non-hydrogen) atoms. The van der Waals surface area contributed by atoms with E-state index in [4.69, 9.17) is 0 Å². The van der Waals surface area contributed by atoms with Gasteiger partial charge < -0.3 is 10.3 Å². The van der Waals surface area contributed by atoms with Crippen LogP contribution in [0.25, 0.3) is 22.2 Å². The van der Waals surface area contributed by atoms with Gasteiger partial charge in [-0.2, -0.15) is 0 Å². The minimum absolute atomic E-state index is 0.0512. The summed E-state index contributed by atoms with van der Waals surface area (Å²) in [6.07, 6.45) is 0. The molecule has 0 fully saturated rings. The number of benzene rings is 2. The molecular weight excluding hydrogens is 357 g/mol. The highest BCUT2D eigenvalue weighted by Crippen LogP contribution is 2.31. The van der Waals surface area contributed by atoms with Gasteiger partial charge in [0.1, 0.15) is 5.82 Å². The fourth-order valence-electron chi connectivity index (χ4n) is 3.26. The third-order valence-corrected chi connectivity index (χ3v) is 4.39. The maximum absolute atomic E-state index is 13.3. The van der Waals surface area contributed by atoms with Crippen molar-refractivity contribution in [1.29, 1.82) is 0 Å². The quantitative estimate of drug-likeness (QED) is 0.615. The summed E-state index contributed by atoms with van der Waals surface area (Å²) in [6.45, 7) is 4.02. The molecule has 0 saturated carbocycles. The summed E-state index contributed by atoms with van der Waals surface area (Å²) < 4.78 is 13.3. The second kappa shape index (κ2) is 8.35. The molecule has 0 radical (unpaired) electrons. The fourth-order valence-corrected chi connectivity index (χ4v) is 3.26. The number of likely N-dealkylation sites (N-methyl/N-ethyl adjacent to an activating group) is 1. The van der Waals surface area contributed by atoms with Crippen molar-refractivity contribution in [2.45, 2.75) is 19.9 Å². The molecule has 6 heteroatoms. The molecule has 0 aliphatic rings. The number of fused-ring (bicyclic) bond motifs is 1. The third-order valence-electron chi connectivity index (χ3n) is 4.39. The molecule has 3 aromatic rings. The van der Waals surface area contributed by atoms with Crippen molar-refractivity contribution in [2.75, 3.05) is 20.1 Å². The van der Waals surface area contributed by atoms with Crippen molar-refractivity contribution in [3.8, 4) is 11.3 Å². The molecule has 3 rings (SSSR count). The molecule has 146 valence electrons. The smallest absolute Gasteiger partial charge is 0.234 e. The molecule has 0 aliphatic heterocycles. The van der Waals surface area contributed by atoms with E-state index >= 15 is 0 Å². The van der Waals surface area contributed by atoms with E-state index < -0.39 is 0 Å². The number of hydrogen-bond donors (Lipinski definition) is 2. The van der Waals surface area contributed by atoms with Crippen molar-refractivity contribution >= 4 is 22.6 Å². The maximum Gasteiger partial charge on any atom is 0.234 e. The minimum atomic E-state index is -0.330. The zero-order valence-corrected chi connectivity index (χ0v) is 16.3. The number of aromatic nitrogens is 1. The summed E-state index contributed by atoms with van der Waals surface area (Å²) in [4.78, 5) is 30.1. The van der Waals surface area contributed by atoms with Gasteiger partial charge in [-0.05, 0) is 56.8 Å². The normalized spacial score (nSPS) is 11.4. The Hall–Kier alpha value is -2.99. The number of carbonyl (C=O) groups excluding carboxylic acids is 2. The molecular formula is C22H24FN3O2. The monoisotopic (exact) mass is 381 g/mol. The topological polar surface area (TPSA) is 65.2 Å². The number of para-hydroxylation sites is 1. The van der Waals surface area contributed by atoms with Crippen LogP contribution in [0.4, 0.5) is 4.39 Å². The number of rotatable bonds is 7. The SMILES string of the molecule is CC(C)NC(=O)CN(C)CC(=O)c1c(-c2ccc(F)cc2)[nH]c2ccccc12. The second-order valence-electron chi connectivity index (χ2n) is 7.25. The minimum Gasteiger partial charge on any atom is -0.354 e. The van der Waals surface area contributed by atoms with Gasteiger partial charge >= 0.3 is 0 Å². The molecule has 2 N–H and O–H groups in total. The highest BCUT2D eigenvalue weighted by Gasteiger charge is 2.21. The van der Waals surface area contributed by atoms with Gasteiger partial charge in [-0.25, -0.2) is 4.39 Å². The zero-order chi connectivity index (χ0) is 20.3. The molecule has 0 atom stereocenters. The van der Waals surface area contributed by atoms with Crippen LogP contribution in [0.1, 0.15) is 24.2 Å². The first-order chi connectivity index (χ1) is 13.3. The zero-order valence-electron chi connectivity index (χ0n) is 16.3. The lowest BCUT2D eigenvalue weighted by molar-refractivity contribution is -0.122. The molecule has 5 nitrogen and oxygen atoms in total. The Morgan fingerprint density at radius 2 is 1.75 bits per heavy atom. The van der Waals surface area contributed by atoms with Crippen LogP contribution in [-0.2, 0) is 4.79 Å². The fraction of sp³-hybridized carbons (Fsp3) is 0.273. The molecule has 0 aliphatic carbocycles. The molecule has 0 bridgehead atoms. The Kier molecular flexibility index (Phi) is 5.90. The lowest BCUT2D eigenvalue weighted by Crippen LogP contribution is -2.40. The average molecular weight is 381 g/mol. The van der Waals surface area contributed by atoms with Crippen LogP contribution in [0.15, 0.2) is 48.5 Å². The van der Waals surface area contributed by atoms with Crippen molar-refractivity contribution < 1.29 is 14.0 Å². The van der Waals surface area contributed by atoms with Gasteiger partial charge in [0.05, 0.1) is 24.3 Å². The first-order valence-electron chi connectivity index (χ1n) is 9.23. The van der Waals surface area contributed by atoms with Gasteiger partial charge in [0.15, 0.2) is 5.78 Å². The van der Waals surface area contributed by atoms with Crippen LogP contribution < -0.4 is 5.32 Å². The van der Waals surface area contributed by atoms with Crippen LogP contribution in [0.2, 0.25) is 0 Å². The number of aromatic amines is 1. The van der Waals surface area contributed by atoms with Crippen molar-refractivity contribution in [1.82, 2.24) is 15.2 Å². The Morgan fingerprint density at radius 3 is 2.43 bits per heavy atom. The Bertz CT molecular complexity index is 993. The number of H-pyrrole nitrogens is 1. The Morgan fingerprint density at radius 1 is 1.07 bits per heavy atom. The van der Waals surface area contributed by atoms with E-state index in [-0.39, 0.29) is 36.6 Å². The van der Waals surface area contributed by atoms with Crippen LogP contribution in [0.5, 0.6) is 0 Å². The highest BCUT2D eigenvalue weighted by atomic mass is 19.1. The van der Waals surface area contributed by atoms with E-state index in [2.05, 4.69) is 10.3 Å². The van der Waals surface area contributed by atoms with Gasteiger partial charge in [-0.15, -0.1) is 0 Å². The molecule has 0 spiro atoms. The molecule has 1 aromatic heterocycles. The summed E-state index contributed by atoms with van der Waals surface area (Å²) in [5.74, 6) is -0.553. The number of hydrogen-bond acceptors (Lipinski definition) is 3. The van der Waals surface area contributed by atoms with E-state index in [0.29, 0.717) is 11.3 Å². The van der Waals surface area contributed by atoms with Gasteiger partial charge in [0.25, 0.3) is 0 Å². The first-order valence-corrected chi connectivity index (χ1v) is 9.23. The van der Waals surface area contributed by atoms with Crippen molar-refractivity contribution in [2.24, 2.45) is 0 Å². The summed E-state index contributed by atoms with van der Waals surface area (Å²) >= 11 is 0. The summed E-state index contributed by atoms with van der Waals surface area (Å²) in [5.41, 5.74) is 2.79. The Labute approximate surface area is 163 Å². The Balaban J connectivity index is 1.90. The van der Waals surface area contributed by atoms with Crippen LogP contribution >= 0.6 is 0 Å². The van der Waals surface area contributed by atoms with Gasteiger partial charge in [-0.3, -0.25) is 14.5 Å². The molecule has 1 amide bonds. The molecule has 1 heterocycles. The van der Waals surface area contributed by atoms with E-state index in [9.17, 15) is 14.0 Å². The number of nitrogens with zero attached hydrogens (tertiary/aromatic N) is 1. The third kappa shape index (κ3) is 4.46. The van der Waals surface area contributed by atoms with Crippen molar-refractivity contribution in [3.63, 3.8) is 0 Å². The molecule has 2 aromatic carbocycles. The summed E-state index contributed by atoms with van der Waals surface area (Å²) in [7, 11) is 1.74. The highest BCUT2D eigenvalue weighted by molar-refractivity contribution is 6.14. The van der Waals surface area contributed by atoms with E-state index in [0.717, 1.165) is 16.5 Å². The number of ketones is 1. The number of carbonyl (C=O) groups is 2. The summed E-state index contributed by atoms with van der Waals surface area (Å²) in [5, 5.41) is 3.63. The van der Waals surface area contributed by atoms with Gasteiger partial charge in [0.2, 0.25) is 5.91 Å². The van der Waals surface area contributed by atoms with Gasteiger partial charge in [-0.1, -0.05) is 18.2 Å². The second-order valence-corrected chi connectivity index (χ2v) is 7.25. The van der Waals surface area contributed by atoms with E-state index in [1.807, 2.05) is 38.1 Å². The van der Waals surface area contributed by atoms with Crippen LogP contribution in [0, 0.1) is 5.82 Å². The number of Topliss-reactive ketones (excluding diaryl/α,β-unsaturated/α-hetero) is 1. The van der Waals surface area contributed by atoms with Crippen LogP contribution in [-0.4, -0.2) is 47.8 Å². The largest absolute Gasteiger partial charge is 0.354 e. The maximum atomic E-state index is 13.3. The predicted octanol–water partition coefficient (Wildman–Crippen LogP) is 3.61. The number of halogens is 1. The van der Waals surface area contributed by atoms with Crippen LogP contribution in [0.3, 0.4) is 0 Å². The number of nitrogens with one attached hydrogen (secondary N) is 2.